The van der Waals surface area contributed by atoms with E-state index >= 15 is 0 Å². The van der Waals surface area contributed by atoms with Gasteiger partial charge in [-0.05, 0) is 19.9 Å². The third-order valence-electron chi connectivity index (χ3n) is 2.46. The summed E-state index contributed by atoms with van der Waals surface area (Å²) in [5.41, 5.74) is 0.0399. The van der Waals surface area contributed by atoms with Crippen LogP contribution >= 0.6 is 0 Å². The second kappa shape index (κ2) is 3.07. The number of nitrogens with one attached hydrogen (secondary N) is 1. The maximum absolute atomic E-state index is 5.44. The van der Waals surface area contributed by atoms with Gasteiger partial charge in [0.1, 0.15) is 0 Å². The fraction of sp³-hybridized carbons (Fsp3) is 0.778. The molecule has 1 rings (SSSR count). The molecule has 1 heteroatoms. The zero-order valence-electron chi connectivity index (χ0n) is 6.61. The van der Waals surface area contributed by atoms with Gasteiger partial charge in [0, 0.05) is 0 Å². The molecule has 56 valence electrons. The van der Waals surface area contributed by atoms with Crippen molar-refractivity contribution in [2.45, 2.75) is 37.6 Å². The summed E-state index contributed by atoms with van der Waals surface area (Å²) < 4.78 is 0. The van der Waals surface area contributed by atoms with E-state index in [9.17, 15) is 0 Å². The van der Waals surface area contributed by atoms with E-state index in [1.807, 2.05) is 7.05 Å². The van der Waals surface area contributed by atoms with Crippen LogP contribution in [0.5, 0.6) is 0 Å². The van der Waals surface area contributed by atoms with E-state index in [0.717, 1.165) is 12.8 Å². The molecule has 1 nitrogen and oxygen atoms in total. The summed E-state index contributed by atoms with van der Waals surface area (Å²) in [7, 11) is 1.96. The molecule has 0 aromatic rings. The smallest absolute Gasteiger partial charge is 0.0795 e. The quantitative estimate of drug-likeness (QED) is 0.541. The maximum Gasteiger partial charge on any atom is 0.0795 e. The van der Waals surface area contributed by atoms with Gasteiger partial charge in [-0.2, -0.15) is 0 Å². The standard InChI is InChI=1S/C9H15N/c1-3-9(10-2)7-5-4-6-8-9/h1,10H,4-8H2,2H3. The predicted molar refractivity (Wildman–Crippen MR) is 43.7 cm³/mol. The van der Waals surface area contributed by atoms with E-state index in [4.69, 9.17) is 6.42 Å². The molecule has 1 fully saturated rings. The van der Waals surface area contributed by atoms with Crippen LogP contribution in [-0.2, 0) is 0 Å². The molecule has 0 unspecified atom stereocenters. The van der Waals surface area contributed by atoms with Crippen molar-refractivity contribution in [2.24, 2.45) is 0 Å². The number of terminal acetylenes is 1. The van der Waals surface area contributed by atoms with E-state index in [1.165, 1.54) is 19.3 Å². The predicted octanol–water partition coefficient (Wildman–Crippen LogP) is 1.54. The SMILES string of the molecule is C#CC1(NC)CCCCC1. The summed E-state index contributed by atoms with van der Waals surface area (Å²) in [6.07, 6.45) is 11.7. The van der Waals surface area contributed by atoms with Crippen LogP contribution in [0.25, 0.3) is 0 Å². The molecule has 0 aliphatic heterocycles. The Kier molecular flexibility index (Phi) is 2.34. The lowest BCUT2D eigenvalue weighted by molar-refractivity contribution is 0.320. The first-order valence-corrected chi connectivity index (χ1v) is 4.00. The van der Waals surface area contributed by atoms with E-state index in [-0.39, 0.29) is 5.54 Å². The summed E-state index contributed by atoms with van der Waals surface area (Å²) in [4.78, 5) is 0. The van der Waals surface area contributed by atoms with Gasteiger partial charge in [-0.3, -0.25) is 0 Å². The van der Waals surface area contributed by atoms with Crippen LogP contribution in [0.4, 0.5) is 0 Å². The second-order valence-electron chi connectivity index (χ2n) is 3.04. The molecule has 0 saturated heterocycles. The van der Waals surface area contributed by atoms with Crippen molar-refractivity contribution < 1.29 is 0 Å². The third kappa shape index (κ3) is 1.33. The lowest BCUT2D eigenvalue weighted by atomic mass is 9.83. The zero-order valence-corrected chi connectivity index (χ0v) is 6.61. The molecule has 10 heavy (non-hydrogen) atoms. The Morgan fingerprint density at radius 2 is 1.90 bits per heavy atom. The molecule has 0 aromatic heterocycles. The first kappa shape index (κ1) is 7.63. The van der Waals surface area contributed by atoms with E-state index in [1.54, 1.807) is 0 Å². The Morgan fingerprint density at radius 1 is 1.30 bits per heavy atom. The molecular weight excluding hydrogens is 122 g/mol. The Bertz CT molecular complexity index is 137. The van der Waals surface area contributed by atoms with Gasteiger partial charge in [0.05, 0.1) is 5.54 Å². The Morgan fingerprint density at radius 3 is 2.20 bits per heavy atom. The Balaban J connectivity index is 2.55. The van der Waals surface area contributed by atoms with Gasteiger partial charge in [0.25, 0.3) is 0 Å². The van der Waals surface area contributed by atoms with Crippen LogP contribution in [0.15, 0.2) is 0 Å². The maximum atomic E-state index is 5.44. The summed E-state index contributed by atoms with van der Waals surface area (Å²) in [5, 5.41) is 3.23. The minimum absolute atomic E-state index is 0.0399. The van der Waals surface area contributed by atoms with Gasteiger partial charge in [0.15, 0.2) is 0 Å². The van der Waals surface area contributed by atoms with Gasteiger partial charge in [-0.25, -0.2) is 0 Å². The van der Waals surface area contributed by atoms with Gasteiger partial charge >= 0.3 is 0 Å². The highest BCUT2D eigenvalue weighted by molar-refractivity contribution is 5.13. The zero-order chi connectivity index (χ0) is 7.45. The van der Waals surface area contributed by atoms with Crippen LogP contribution in [0.1, 0.15) is 32.1 Å². The fourth-order valence-corrected chi connectivity index (χ4v) is 1.62. The monoisotopic (exact) mass is 137 g/mol. The van der Waals surface area contributed by atoms with Gasteiger partial charge < -0.3 is 5.32 Å². The first-order chi connectivity index (χ1) is 4.83. The number of hydrogen-bond donors (Lipinski definition) is 1. The van der Waals surface area contributed by atoms with Crippen LogP contribution in [0.3, 0.4) is 0 Å². The van der Waals surface area contributed by atoms with Crippen molar-refractivity contribution in [2.75, 3.05) is 7.05 Å². The summed E-state index contributed by atoms with van der Waals surface area (Å²) in [5.74, 6) is 2.86. The molecule has 0 atom stereocenters. The highest BCUT2D eigenvalue weighted by Crippen LogP contribution is 2.26. The van der Waals surface area contributed by atoms with E-state index < -0.39 is 0 Å². The second-order valence-corrected chi connectivity index (χ2v) is 3.04. The van der Waals surface area contributed by atoms with E-state index in [2.05, 4.69) is 11.2 Å². The number of hydrogen-bond acceptors (Lipinski definition) is 1. The highest BCUT2D eigenvalue weighted by atomic mass is 14.9. The summed E-state index contributed by atoms with van der Waals surface area (Å²) >= 11 is 0. The largest absolute Gasteiger partial charge is 0.304 e. The van der Waals surface area contributed by atoms with Gasteiger partial charge in [-0.1, -0.05) is 25.2 Å². The first-order valence-electron chi connectivity index (χ1n) is 4.00. The van der Waals surface area contributed by atoms with Crippen molar-refractivity contribution in [3.63, 3.8) is 0 Å². The molecule has 0 spiro atoms. The average Bonchev–Trinajstić information content (AvgIpc) is 2.06. The average molecular weight is 137 g/mol. The number of rotatable bonds is 1. The van der Waals surface area contributed by atoms with Gasteiger partial charge in [-0.15, -0.1) is 6.42 Å². The van der Waals surface area contributed by atoms with Gasteiger partial charge in [0.2, 0.25) is 0 Å². The van der Waals surface area contributed by atoms with Crippen LogP contribution < -0.4 is 5.32 Å². The molecule has 1 aliphatic carbocycles. The molecule has 0 aromatic carbocycles. The fourth-order valence-electron chi connectivity index (χ4n) is 1.62. The van der Waals surface area contributed by atoms with Crippen molar-refractivity contribution in [3.05, 3.63) is 0 Å². The summed E-state index contributed by atoms with van der Waals surface area (Å²) in [6, 6.07) is 0. The van der Waals surface area contributed by atoms with Crippen molar-refractivity contribution >= 4 is 0 Å². The topological polar surface area (TPSA) is 12.0 Å². The van der Waals surface area contributed by atoms with Crippen LogP contribution in [0.2, 0.25) is 0 Å². The minimum atomic E-state index is 0.0399. The van der Waals surface area contributed by atoms with Crippen LogP contribution in [-0.4, -0.2) is 12.6 Å². The molecule has 1 N–H and O–H groups in total. The normalized spacial score (nSPS) is 23.6. The molecule has 1 aliphatic rings. The van der Waals surface area contributed by atoms with E-state index in [0.29, 0.717) is 0 Å². The Labute approximate surface area is 63.2 Å². The highest BCUT2D eigenvalue weighted by Gasteiger charge is 2.26. The third-order valence-corrected chi connectivity index (χ3v) is 2.46. The summed E-state index contributed by atoms with van der Waals surface area (Å²) in [6.45, 7) is 0. The molecule has 0 heterocycles. The lowest BCUT2D eigenvalue weighted by Gasteiger charge is -2.31. The molecule has 0 amide bonds. The Hall–Kier alpha value is -0.480. The van der Waals surface area contributed by atoms with Crippen molar-refractivity contribution in [1.29, 1.82) is 0 Å². The van der Waals surface area contributed by atoms with Crippen molar-refractivity contribution in [3.8, 4) is 12.3 Å². The minimum Gasteiger partial charge on any atom is -0.304 e. The molecule has 1 saturated carbocycles. The molecular formula is C9H15N. The molecule has 0 radical (unpaired) electrons. The molecule has 0 bridgehead atoms. The van der Waals surface area contributed by atoms with Crippen LogP contribution in [0, 0.1) is 12.3 Å². The van der Waals surface area contributed by atoms with Crippen molar-refractivity contribution in [1.82, 2.24) is 5.32 Å². The lowest BCUT2D eigenvalue weighted by Crippen LogP contribution is -2.42.